The Morgan fingerprint density at radius 1 is 0.938 bits per heavy atom. The number of nitrogens with zero attached hydrogens (tertiary/aromatic N) is 1. The van der Waals surface area contributed by atoms with Crippen LogP contribution in [-0.4, -0.2) is 26.2 Å². The van der Waals surface area contributed by atoms with E-state index in [0.29, 0.717) is 5.69 Å². The molecule has 92 valence electrons. The van der Waals surface area contributed by atoms with Crippen molar-refractivity contribution in [2.45, 2.75) is 0 Å². The molecule has 0 aromatic heterocycles. The molecule has 6 heteroatoms. The smallest absolute Gasteiger partial charge is 0.128 e. The van der Waals surface area contributed by atoms with E-state index >= 15 is 0 Å². The van der Waals surface area contributed by atoms with E-state index < -0.39 is 11.6 Å². The van der Waals surface area contributed by atoms with E-state index in [1.54, 1.807) is 0 Å². The van der Waals surface area contributed by atoms with E-state index in [0.717, 1.165) is 32.2 Å². The van der Waals surface area contributed by atoms with Crippen LogP contribution in [0.3, 0.4) is 0 Å². The van der Waals surface area contributed by atoms with Crippen LogP contribution < -0.4 is 10.2 Å². The summed E-state index contributed by atoms with van der Waals surface area (Å²) in [6, 6.07) is 3.63. The van der Waals surface area contributed by atoms with Crippen molar-refractivity contribution in [3.05, 3.63) is 29.8 Å². The molecule has 0 saturated carbocycles. The molecule has 0 atom stereocenters. The molecule has 2 nitrogen and oxygen atoms in total. The average molecular weight is 271 g/mol. The Morgan fingerprint density at radius 2 is 1.44 bits per heavy atom. The molecule has 16 heavy (non-hydrogen) atoms. The van der Waals surface area contributed by atoms with Gasteiger partial charge in [-0.1, -0.05) is 0 Å². The Hall–Kier alpha value is -0.580. The maximum absolute atomic E-state index is 12.9. The number of rotatable bonds is 1. The van der Waals surface area contributed by atoms with Crippen LogP contribution in [-0.2, 0) is 0 Å². The van der Waals surface area contributed by atoms with Gasteiger partial charge in [0.1, 0.15) is 11.6 Å². The van der Waals surface area contributed by atoms with Crippen LogP contribution in [0.4, 0.5) is 14.5 Å². The van der Waals surface area contributed by atoms with Crippen molar-refractivity contribution in [2.24, 2.45) is 0 Å². The molecule has 0 spiro atoms. The lowest BCUT2D eigenvalue weighted by Gasteiger charge is -2.29. The van der Waals surface area contributed by atoms with Crippen LogP contribution in [0.15, 0.2) is 18.2 Å². The first-order valence-corrected chi connectivity index (χ1v) is 4.67. The summed E-state index contributed by atoms with van der Waals surface area (Å²) in [5.74, 6) is -1.03. The molecule has 1 aliphatic rings. The molecule has 0 bridgehead atoms. The summed E-state index contributed by atoms with van der Waals surface area (Å²) in [6.07, 6.45) is 0. The fourth-order valence-corrected chi connectivity index (χ4v) is 1.64. The van der Waals surface area contributed by atoms with Crippen LogP contribution in [0.25, 0.3) is 0 Å². The first kappa shape index (κ1) is 15.4. The molecule has 1 fully saturated rings. The number of anilines is 1. The van der Waals surface area contributed by atoms with Gasteiger partial charge in [0.25, 0.3) is 0 Å². The Balaban J connectivity index is 0.00000112. The maximum Gasteiger partial charge on any atom is 0.128 e. The SMILES string of the molecule is Cl.Cl.Fc1cc(F)cc(N2CCNCC2)c1. The van der Waals surface area contributed by atoms with Crippen LogP contribution in [0.1, 0.15) is 0 Å². The highest BCUT2D eigenvalue weighted by molar-refractivity contribution is 5.85. The monoisotopic (exact) mass is 270 g/mol. The topological polar surface area (TPSA) is 15.3 Å². The highest BCUT2D eigenvalue weighted by Gasteiger charge is 2.11. The zero-order valence-electron chi connectivity index (χ0n) is 8.58. The van der Waals surface area contributed by atoms with Gasteiger partial charge in [0.05, 0.1) is 0 Å². The molecular weight excluding hydrogens is 257 g/mol. The van der Waals surface area contributed by atoms with Crippen LogP contribution in [0.2, 0.25) is 0 Å². The predicted octanol–water partition coefficient (Wildman–Crippen LogP) is 2.22. The lowest BCUT2D eigenvalue weighted by Crippen LogP contribution is -2.43. The number of halogens is 4. The second-order valence-corrected chi connectivity index (χ2v) is 3.36. The number of piperazine rings is 1. The highest BCUT2D eigenvalue weighted by atomic mass is 35.5. The lowest BCUT2D eigenvalue weighted by atomic mass is 10.2. The Morgan fingerprint density at radius 3 is 1.94 bits per heavy atom. The third-order valence-electron chi connectivity index (χ3n) is 2.33. The lowest BCUT2D eigenvalue weighted by molar-refractivity contribution is 0.567. The van der Waals surface area contributed by atoms with Gasteiger partial charge in [0.15, 0.2) is 0 Å². The summed E-state index contributed by atoms with van der Waals surface area (Å²) in [5.41, 5.74) is 0.629. The van der Waals surface area contributed by atoms with E-state index in [9.17, 15) is 8.78 Å². The second kappa shape index (κ2) is 6.89. The molecule has 1 heterocycles. The largest absolute Gasteiger partial charge is 0.369 e. The molecule has 1 aromatic rings. The minimum atomic E-state index is -0.515. The molecule has 1 N–H and O–H groups in total. The molecule has 1 saturated heterocycles. The number of hydrogen-bond acceptors (Lipinski definition) is 2. The van der Waals surface area contributed by atoms with Gasteiger partial charge in [-0.25, -0.2) is 8.78 Å². The third-order valence-corrected chi connectivity index (χ3v) is 2.33. The predicted molar refractivity (Wildman–Crippen MR) is 65.9 cm³/mol. The molecular formula is C10H14Cl2F2N2. The van der Waals surface area contributed by atoms with Gasteiger partial charge >= 0.3 is 0 Å². The van der Waals surface area contributed by atoms with Crippen molar-refractivity contribution in [2.75, 3.05) is 31.1 Å². The summed E-state index contributed by atoms with van der Waals surface area (Å²) in [6.45, 7) is 3.31. The van der Waals surface area contributed by atoms with Crippen molar-refractivity contribution in [3.8, 4) is 0 Å². The van der Waals surface area contributed by atoms with E-state index in [-0.39, 0.29) is 24.8 Å². The fraction of sp³-hybridized carbons (Fsp3) is 0.400. The van der Waals surface area contributed by atoms with E-state index in [1.165, 1.54) is 12.1 Å². The first-order valence-electron chi connectivity index (χ1n) is 4.67. The normalized spacial score (nSPS) is 15.0. The Kier molecular flexibility index (Phi) is 6.64. The quantitative estimate of drug-likeness (QED) is 0.842. The molecule has 2 rings (SSSR count). The van der Waals surface area contributed by atoms with Crippen LogP contribution in [0, 0.1) is 11.6 Å². The molecule has 0 aliphatic carbocycles. The van der Waals surface area contributed by atoms with Gasteiger partial charge in [0.2, 0.25) is 0 Å². The zero-order valence-corrected chi connectivity index (χ0v) is 10.2. The summed E-state index contributed by atoms with van der Waals surface area (Å²) >= 11 is 0. The molecule has 0 amide bonds. The maximum atomic E-state index is 12.9. The Bertz CT molecular complexity index is 310. The van der Waals surface area contributed by atoms with E-state index in [4.69, 9.17) is 0 Å². The van der Waals surface area contributed by atoms with Gasteiger partial charge in [0, 0.05) is 37.9 Å². The number of nitrogens with one attached hydrogen (secondary N) is 1. The summed E-state index contributed by atoms with van der Waals surface area (Å²) in [7, 11) is 0. The molecule has 1 aromatic carbocycles. The average Bonchev–Trinajstić information content (AvgIpc) is 2.18. The first-order chi connectivity index (χ1) is 6.75. The summed E-state index contributed by atoms with van der Waals surface area (Å²) < 4.78 is 25.8. The van der Waals surface area contributed by atoms with Crippen molar-refractivity contribution in [3.63, 3.8) is 0 Å². The van der Waals surface area contributed by atoms with Crippen LogP contribution >= 0.6 is 24.8 Å². The van der Waals surface area contributed by atoms with Gasteiger partial charge in [-0.2, -0.15) is 0 Å². The van der Waals surface area contributed by atoms with Crippen molar-refractivity contribution in [1.82, 2.24) is 5.32 Å². The standard InChI is InChI=1S/C10H12F2N2.2ClH/c11-8-5-9(12)7-10(6-8)14-3-1-13-2-4-14;;/h5-7,13H,1-4H2;2*1H. The van der Waals surface area contributed by atoms with Gasteiger partial charge in [-0.15, -0.1) is 24.8 Å². The van der Waals surface area contributed by atoms with Gasteiger partial charge < -0.3 is 10.2 Å². The van der Waals surface area contributed by atoms with Gasteiger partial charge in [-0.05, 0) is 12.1 Å². The summed E-state index contributed by atoms with van der Waals surface area (Å²) in [5, 5.41) is 3.18. The van der Waals surface area contributed by atoms with Crippen molar-refractivity contribution >= 4 is 30.5 Å². The minimum Gasteiger partial charge on any atom is -0.369 e. The molecule has 1 aliphatic heterocycles. The second-order valence-electron chi connectivity index (χ2n) is 3.36. The number of hydrogen-bond donors (Lipinski definition) is 1. The molecule has 0 unspecified atom stereocenters. The van der Waals surface area contributed by atoms with E-state index in [1.807, 2.05) is 4.90 Å². The zero-order chi connectivity index (χ0) is 9.97. The van der Waals surface area contributed by atoms with Crippen LogP contribution in [0.5, 0.6) is 0 Å². The van der Waals surface area contributed by atoms with Gasteiger partial charge in [-0.3, -0.25) is 0 Å². The number of benzene rings is 1. The van der Waals surface area contributed by atoms with Crippen molar-refractivity contribution < 1.29 is 8.78 Å². The van der Waals surface area contributed by atoms with Crippen molar-refractivity contribution in [1.29, 1.82) is 0 Å². The summed E-state index contributed by atoms with van der Waals surface area (Å²) in [4.78, 5) is 1.97. The highest BCUT2D eigenvalue weighted by Crippen LogP contribution is 2.18. The molecule has 0 radical (unpaired) electrons. The fourth-order valence-electron chi connectivity index (χ4n) is 1.64. The third kappa shape index (κ3) is 3.77. The Labute approximate surface area is 106 Å². The van der Waals surface area contributed by atoms with E-state index in [2.05, 4.69) is 5.32 Å². The minimum absolute atomic E-state index is 0.